The summed E-state index contributed by atoms with van der Waals surface area (Å²) in [6, 6.07) is 16.1. The molecule has 0 unspecified atom stereocenters. The highest BCUT2D eigenvalue weighted by atomic mass is 79.9. The van der Waals surface area contributed by atoms with Gasteiger partial charge in [-0.15, -0.1) is 0 Å². The lowest BCUT2D eigenvalue weighted by molar-refractivity contribution is 0.0818. The molecule has 0 spiro atoms. The fourth-order valence-corrected chi connectivity index (χ4v) is 5.40. The number of hydrogen-bond acceptors (Lipinski definition) is 4. The molecule has 0 bridgehead atoms. The molecule has 2 fully saturated rings. The zero-order valence-corrected chi connectivity index (χ0v) is 19.7. The van der Waals surface area contributed by atoms with E-state index in [1.165, 1.54) is 5.56 Å². The van der Waals surface area contributed by atoms with Crippen molar-refractivity contribution in [1.29, 1.82) is 0 Å². The van der Waals surface area contributed by atoms with Crippen LogP contribution in [0.15, 0.2) is 63.6 Å². The second-order valence-corrected chi connectivity index (χ2v) is 9.34. The molecule has 2 aliphatic rings. The lowest BCUT2D eigenvalue weighted by Crippen LogP contribution is -2.36. The molecule has 1 aromatic carbocycles. The van der Waals surface area contributed by atoms with E-state index in [0.717, 1.165) is 53.2 Å². The Kier molecular flexibility index (Phi) is 5.82. The fraction of sp³-hybridized carbons (Fsp3) is 0.333. The number of thiocarbonyl (C=S) groups is 1. The molecule has 5 nitrogen and oxygen atoms in total. The molecule has 160 valence electrons. The summed E-state index contributed by atoms with van der Waals surface area (Å²) in [5, 5.41) is 4.19. The number of aryl methyl sites for hydroxylation is 1. The Hall–Kier alpha value is -2.22. The molecule has 0 amide bonds. The number of halogens is 1. The molecule has 0 saturated carbocycles. The molecular weight excluding hydrogens is 474 g/mol. The van der Waals surface area contributed by atoms with Crippen LogP contribution in [0.1, 0.15) is 41.9 Å². The molecule has 2 aliphatic heterocycles. The number of nitrogens with zero attached hydrogens (tertiary/aromatic N) is 2. The van der Waals surface area contributed by atoms with Gasteiger partial charge in [0.2, 0.25) is 0 Å². The number of ether oxygens (including phenoxy) is 1. The van der Waals surface area contributed by atoms with Crippen molar-refractivity contribution in [2.45, 2.75) is 38.0 Å². The molecule has 2 saturated heterocycles. The highest BCUT2D eigenvalue weighted by molar-refractivity contribution is 9.10. The maximum atomic E-state index is 6.43. The minimum Gasteiger partial charge on any atom is -0.459 e. The summed E-state index contributed by atoms with van der Waals surface area (Å²) < 4.78 is 13.4. The van der Waals surface area contributed by atoms with E-state index in [1.54, 1.807) is 0 Å². The zero-order chi connectivity index (χ0) is 21.4. The van der Waals surface area contributed by atoms with E-state index in [1.807, 2.05) is 30.5 Å². The fourth-order valence-electron chi connectivity index (χ4n) is 4.40. The Morgan fingerprint density at radius 2 is 2.13 bits per heavy atom. The van der Waals surface area contributed by atoms with Gasteiger partial charge in [0.1, 0.15) is 17.6 Å². The molecule has 31 heavy (non-hydrogen) atoms. The molecule has 7 heteroatoms. The quantitative estimate of drug-likeness (QED) is 0.465. The SMILES string of the molecule is Cc1ccc(-c2ccc([C@H]3[C@@H](c4ccccn4)NC(=S)N3C[C@@H]3CCCO3)o2)c(Br)c1. The summed E-state index contributed by atoms with van der Waals surface area (Å²) in [5.41, 5.74) is 3.18. The van der Waals surface area contributed by atoms with Gasteiger partial charge in [-0.3, -0.25) is 4.98 Å². The Morgan fingerprint density at radius 3 is 2.87 bits per heavy atom. The van der Waals surface area contributed by atoms with Gasteiger partial charge >= 0.3 is 0 Å². The van der Waals surface area contributed by atoms with Crippen molar-refractivity contribution in [1.82, 2.24) is 15.2 Å². The van der Waals surface area contributed by atoms with Gasteiger partial charge in [-0.05, 0) is 73.9 Å². The van der Waals surface area contributed by atoms with Gasteiger partial charge < -0.3 is 19.4 Å². The van der Waals surface area contributed by atoms with E-state index in [-0.39, 0.29) is 18.2 Å². The molecule has 3 atom stereocenters. The first-order valence-corrected chi connectivity index (χ1v) is 11.8. The first-order chi connectivity index (χ1) is 15.1. The molecule has 5 rings (SSSR count). The van der Waals surface area contributed by atoms with E-state index in [4.69, 9.17) is 21.4 Å². The predicted molar refractivity (Wildman–Crippen MR) is 128 cm³/mol. The van der Waals surface area contributed by atoms with Crippen molar-refractivity contribution < 1.29 is 9.15 Å². The average molecular weight is 498 g/mol. The minimum atomic E-state index is -0.0930. The van der Waals surface area contributed by atoms with E-state index in [2.05, 4.69) is 62.3 Å². The Balaban J connectivity index is 1.51. The molecule has 4 heterocycles. The number of pyridine rings is 1. The summed E-state index contributed by atoms with van der Waals surface area (Å²) in [6.07, 6.45) is 4.15. The second kappa shape index (κ2) is 8.73. The predicted octanol–water partition coefficient (Wildman–Crippen LogP) is 5.56. The molecule has 3 aromatic rings. The number of benzene rings is 1. The minimum absolute atomic E-state index is 0.0874. The van der Waals surface area contributed by atoms with Crippen LogP contribution in [-0.4, -0.2) is 34.3 Å². The number of hydrogen-bond donors (Lipinski definition) is 1. The number of rotatable bonds is 5. The van der Waals surface area contributed by atoms with E-state index in [9.17, 15) is 0 Å². The lowest BCUT2D eigenvalue weighted by atomic mass is 10.0. The maximum Gasteiger partial charge on any atom is 0.170 e. The summed E-state index contributed by atoms with van der Waals surface area (Å²) in [6.45, 7) is 3.64. The van der Waals surface area contributed by atoms with E-state index < -0.39 is 0 Å². The molecule has 1 N–H and O–H groups in total. The van der Waals surface area contributed by atoms with Crippen LogP contribution in [0.25, 0.3) is 11.3 Å². The number of nitrogens with one attached hydrogen (secondary N) is 1. The van der Waals surface area contributed by atoms with Gasteiger partial charge in [-0.1, -0.05) is 28.1 Å². The second-order valence-electron chi connectivity index (χ2n) is 8.10. The summed E-state index contributed by atoms with van der Waals surface area (Å²) in [5.74, 6) is 1.69. The Labute approximate surface area is 195 Å². The standard InChI is InChI=1S/C24H24BrN3O2S/c1-15-7-8-17(18(25)13-15)20-9-10-21(30-20)23-22(19-6-2-3-11-26-19)27-24(31)28(23)14-16-5-4-12-29-16/h2-3,6-11,13,16,22-23H,4-5,12,14H2,1H3,(H,27,31)/t16-,22+,23-/m0/s1. The third-order valence-electron chi connectivity index (χ3n) is 5.93. The first-order valence-electron chi connectivity index (χ1n) is 10.6. The van der Waals surface area contributed by atoms with Crippen LogP contribution in [-0.2, 0) is 4.74 Å². The summed E-state index contributed by atoms with van der Waals surface area (Å²) >= 11 is 9.42. The van der Waals surface area contributed by atoms with Crippen molar-refractivity contribution in [3.63, 3.8) is 0 Å². The van der Waals surface area contributed by atoms with E-state index in [0.29, 0.717) is 5.11 Å². The molecule has 2 aromatic heterocycles. The lowest BCUT2D eigenvalue weighted by Gasteiger charge is -2.28. The van der Waals surface area contributed by atoms with Gasteiger partial charge in [0.05, 0.1) is 17.8 Å². The average Bonchev–Trinajstić information content (AvgIpc) is 3.51. The normalized spacial score (nSPS) is 23.4. The van der Waals surface area contributed by atoms with Crippen molar-refractivity contribution in [2.24, 2.45) is 0 Å². The monoisotopic (exact) mass is 497 g/mol. The van der Waals surface area contributed by atoms with Crippen molar-refractivity contribution in [3.8, 4) is 11.3 Å². The van der Waals surface area contributed by atoms with Crippen LogP contribution in [0.4, 0.5) is 0 Å². The van der Waals surface area contributed by atoms with Gasteiger partial charge in [0.25, 0.3) is 0 Å². The first kappa shape index (κ1) is 20.7. The van der Waals surface area contributed by atoms with Crippen LogP contribution in [0.5, 0.6) is 0 Å². The largest absolute Gasteiger partial charge is 0.459 e. The van der Waals surface area contributed by atoms with E-state index >= 15 is 0 Å². The number of aromatic nitrogens is 1. The smallest absolute Gasteiger partial charge is 0.170 e. The van der Waals surface area contributed by atoms with Crippen molar-refractivity contribution in [3.05, 3.63) is 76.2 Å². The van der Waals surface area contributed by atoms with Crippen LogP contribution < -0.4 is 5.32 Å². The summed E-state index contributed by atoms with van der Waals surface area (Å²) in [4.78, 5) is 6.80. The van der Waals surface area contributed by atoms with Gasteiger partial charge in [-0.25, -0.2) is 0 Å². The van der Waals surface area contributed by atoms with Crippen LogP contribution in [0, 0.1) is 6.92 Å². The molecule has 0 radical (unpaired) electrons. The molecule has 0 aliphatic carbocycles. The topological polar surface area (TPSA) is 50.5 Å². The van der Waals surface area contributed by atoms with Gasteiger partial charge in [0, 0.05) is 29.4 Å². The highest BCUT2D eigenvalue weighted by Crippen LogP contribution is 2.41. The third-order valence-corrected chi connectivity index (χ3v) is 6.94. The maximum absolute atomic E-state index is 6.43. The van der Waals surface area contributed by atoms with Crippen LogP contribution in [0.3, 0.4) is 0 Å². The van der Waals surface area contributed by atoms with Crippen molar-refractivity contribution >= 4 is 33.3 Å². The van der Waals surface area contributed by atoms with Gasteiger partial charge in [0.15, 0.2) is 5.11 Å². The third kappa shape index (κ3) is 4.14. The van der Waals surface area contributed by atoms with Crippen molar-refractivity contribution in [2.75, 3.05) is 13.2 Å². The Bertz CT molecular complexity index is 1080. The van der Waals surface area contributed by atoms with Gasteiger partial charge in [-0.2, -0.15) is 0 Å². The number of furan rings is 1. The molecular formula is C24H24BrN3O2S. The summed E-state index contributed by atoms with van der Waals surface area (Å²) in [7, 11) is 0. The van der Waals surface area contributed by atoms with Crippen LogP contribution in [0.2, 0.25) is 0 Å². The Morgan fingerprint density at radius 1 is 1.23 bits per heavy atom. The van der Waals surface area contributed by atoms with Crippen LogP contribution >= 0.6 is 28.1 Å². The highest BCUT2D eigenvalue weighted by Gasteiger charge is 2.42. The zero-order valence-electron chi connectivity index (χ0n) is 17.3.